The Morgan fingerprint density at radius 3 is 0.778 bits per heavy atom. The minimum absolute atomic E-state index is 0.773. The topological polar surface area (TPSA) is 116 Å². The number of benzene rings is 13. The maximum atomic E-state index is 5.32. The molecule has 0 unspecified atom stereocenters. The lowest BCUT2D eigenvalue weighted by Crippen LogP contribution is -1.95. The van der Waals surface area contributed by atoms with Crippen LogP contribution in [-0.2, 0) is 0 Å². The van der Waals surface area contributed by atoms with Gasteiger partial charge in [0.05, 0.1) is 101 Å². The highest BCUT2D eigenvalue weighted by Gasteiger charge is 2.20. The van der Waals surface area contributed by atoms with Crippen LogP contribution >= 0.6 is 0 Å². The van der Waals surface area contributed by atoms with Crippen molar-refractivity contribution < 1.29 is 0 Å². The van der Waals surface area contributed by atoms with Gasteiger partial charge in [0.1, 0.15) is 0 Å². The Morgan fingerprint density at radius 2 is 0.398 bits per heavy atom. The molecule has 0 saturated heterocycles. The molecule has 0 fully saturated rings. The summed E-state index contributed by atoms with van der Waals surface area (Å²) < 4.78 is 0. The molecule has 22 aromatic rings. The predicted octanol–water partition coefficient (Wildman–Crippen LogP) is 25.1. The van der Waals surface area contributed by atoms with Crippen LogP contribution in [0, 0.1) is 0 Å². The molecule has 0 atom stereocenters. The van der Waals surface area contributed by atoms with Crippen LogP contribution in [0.5, 0.6) is 0 Å². The third kappa shape index (κ3) is 10.8. The molecule has 0 spiro atoms. The lowest BCUT2D eigenvalue weighted by atomic mass is 9.95. The summed E-state index contributed by atoms with van der Waals surface area (Å²) in [4.78, 5) is 46.6. The number of hydrogen-bond acceptors (Lipinski definition) is 9. The van der Waals surface area contributed by atoms with Crippen LogP contribution in [0.3, 0.4) is 0 Å². The minimum Gasteiger partial charge on any atom is -0.245 e. The Balaban J connectivity index is 0.000000139. The Kier molecular flexibility index (Phi) is 14.7. The van der Waals surface area contributed by atoms with Gasteiger partial charge in [-0.25, -0.2) is 44.9 Å². The van der Waals surface area contributed by atoms with Crippen LogP contribution in [0.15, 0.2) is 358 Å². The molecular formula is C99H59N9. The van der Waals surface area contributed by atoms with Crippen LogP contribution in [0.4, 0.5) is 0 Å². The standard InChI is InChI=1S/C54H32N4.C45H27N5/c1-3-9-33(10-4-1)46-28-22-35-15-16-36-23-29-47(56-52(36)51(35)55-46)40-20-25-42-38(31-40)17-18-39-32-41(21-26-43(39)42)48-30-24-37-19-27-45-50(34-11-5-2-6-12-34)44-13-7-8-14-49(44)58-54(45)53(37)57-48;1-3-10-28(11-4-1)35-25-21-30-18-19-31-22-26-39(49-43(31)42(30)47-35)37-16-9-17-38(46-37)40-27-23-32-20-24-34-41(29-12-5-2-6-13-29)33-14-7-8-15-36(33)48-45(34)44(32)50-40/h1-32H;1-27H. The van der Waals surface area contributed by atoms with Crippen molar-refractivity contribution in [3.8, 4) is 90.1 Å². The smallest absolute Gasteiger partial charge is 0.0978 e. The summed E-state index contributed by atoms with van der Waals surface area (Å²) in [5.41, 5.74) is 24.9. The number of para-hydroxylation sites is 2. The second-order valence-electron chi connectivity index (χ2n) is 27.5. The van der Waals surface area contributed by atoms with Crippen molar-refractivity contribution in [1.29, 1.82) is 0 Å². The largest absolute Gasteiger partial charge is 0.245 e. The Hall–Kier alpha value is -14.7. The van der Waals surface area contributed by atoms with Crippen molar-refractivity contribution in [3.05, 3.63) is 358 Å². The van der Waals surface area contributed by atoms with E-state index in [2.05, 4.69) is 279 Å². The summed E-state index contributed by atoms with van der Waals surface area (Å²) in [5.74, 6) is 0. The van der Waals surface area contributed by atoms with Gasteiger partial charge in [0.25, 0.3) is 0 Å². The lowest BCUT2D eigenvalue weighted by molar-refractivity contribution is 1.25. The molecule has 0 saturated carbocycles. The van der Waals surface area contributed by atoms with E-state index in [0.717, 1.165) is 182 Å². The van der Waals surface area contributed by atoms with Crippen molar-refractivity contribution in [2.75, 3.05) is 0 Å². The van der Waals surface area contributed by atoms with E-state index in [9.17, 15) is 0 Å². The fraction of sp³-hybridized carbons (Fsp3) is 0. The van der Waals surface area contributed by atoms with E-state index < -0.39 is 0 Å². The molecule has 9 aromatic heterocycles. The molecule has 0 aliphatic rings. The molecule has 0 radical (unpaired) electrons. The summed E-state index contributed by atoms with van der Waals surface area (Å²) in [5, 5.41) is 15.5. The summed E-state index contributed by atoms with van der Waals surface area (Å²) in [6.07, 6.45) is 0. The zero-order valence-electron chi connectivity index (χ0n) is 58.1. The quantitative estimate of drug-likeness (QED) is 0.108. The van der Waals surface area contributed by atoms with Crippen LogP contribution in [-0.4, -0.2) is 44.9 Å². The first-order chi connectivity index (χ1) is 53.5. The Labute approximate surface area is 619 Å². The fourth-order valence-electron chi connectivity index (χ4n) is 15.7. The van der Waals surface area contributed by atoms with Gasteiger partial charge in [0, 0.05) is 87.2 Å². The highest BCUT2D eigenvalue weighted by atomic mass is 14.8. The highest BCUT2D eigenvalue weighted by Crippen LogP contribution is 2.42. The summed E-state index contributed by atoms with van der Waals surface area (Å²) in [6, 6.07) is 125. The highest BCUT2D eigenvalue weighted by molar-refractivity contribution is 6.18. The molecular weight excluding hydrogens is 1320 g/mol. The van der Waals surface area contributed by atoms with E-state index in [1.165, 1.54) is 38.2 Å². The maximum Gasteiger partial charge on any atom is 0.0978 e. The SMILES string of the molecule is c1ccc(-c2ccc3ccc4ccc(-c5ccc6c(ccc7cc(-c8ccc9ccc%10c(-c%11ccccc%11)c%11ccccc%11nc%10c9n8)ccc76)c5)nc4c3n2)cc1.c1ccc(-c2ccc3ccc4ccc(-c5cccc(-c6ccc7ccc8c(-c9ccccc9)c9ccccc9nc8c7n6)n5)nc4c3n2)cc1. The minimum atomic E-state index is 0.773. The van der Waals surface area contributed by atoms with Gasteiger partial charge in [0.2, 0.25) is 0 Å². The zero-order valence-corrected chi connectivity index (χ0v) is 58.1. The average molecular weight is 1370 g/mol. The van der Waals surface area contributed by atoms with Crippen LogP contribution in [0.25, 0.3) is 221 Å². The van der Waals surface area contributed by atoms with E-state index in [-0.39, 0.29) is 0 Å². The molecule has 500 valence electrons. The van der Waals surface area contributed by atoms with Gasteiger partial charge in [-0.3, -0.25) is 0 Å². The van der Waals surface area contributed by atoms with Gasteiger partial charge < -0.3 is 0 Å². The van der Waals surface area contributed by atoms with E-state index in [4.69, 9.17) is 44.9 Å². The normalized spacial score (nSPS) is 11.7. The van der Waals surface area contributed by atoms with E-state index in [0.29, 0.717) is 0 Å². The first-order valence-electron chi connectivity index (χ1n) is 36.3. The average Bonchev–Trinajstić information content (AvgIpc) is 0.746. The summed E-state index contributed by atoms with van der Waals surface area (Å²) in [7, 11) is 0. The van der Waals surface area contributed by atoms with Crippen molar-refractivity contribution >= 4 is 131 Å². The lowest BCUT2D eigenvalue weighted by Gasteiger charge is -2.13. The maximum absolute atomic E-state index is 5.32. The number of fused-ring (bicyclic) bond motifs is 17. The van der Waals surface area contributed by atoms with Crippen molar-refractivity contribution in [3.63, 3.8) is 0 Å². The van der Waals surface area contributed by atoms with Crippen molar-refractivity contribution in [2.45, 2.75) is 0 Å². The number of hydrogen-bond donors (Lipinski definition) is 0. The Bertz CT molecular complexity index is 7420. The van der Waals surface area contributed by atoms with Gasteiger partial charge in [-0.2, -0.15) is 0 Å². The molecule has 0 bridgehead atoms. The Morgan fingerprint density at radius 1 is 0.130 bits per heavy atom. The molecule has 22 rings (SSSR count). The van der Waals surface area contributed by atoms with E-state index in [1.807, 2.05) is 78.9 Å². The summed E-state index contributed by atoms with van der Waals surface area (Å²) >= 11 is 0. The third-order valence-electron chi connectivity index (χ3n) is 21.0. The molecule has 9 heterocycles. The van der Waals surface area contributed by atoms with Crippen molar-refractivity contribution in [2.24, 2.45) is 0 Å². The molecule has 0 amide bonds. The fourth-order valence-corrected chi connectivity index (χ4v) is 15.7. The van der Waals surface area contributed by atoms with Crippen LogP contribution in [0.2, 0.25) is 0 Å². The van der Waals surface area contributed by atoms with Gasteiger partial charge in [-0.05, 0) is 105 Å². The zero-order chi connectivity index (χ0) is 71.2. The number of pyridine rings is 9. The number of nitrogens with zero attached hydrogens (tertiary/aromatic N) is 9. The van der Waals surface area contributed by atoms with Crippen LogP contribution < -0.4 is 0 Å². The molecule has 9 heteroatoms. The van der Waals surface area contributed by atoms with E-state index in [1.54, 1.807) is 0 Å². The van der Waals surface area contributed by atoms with Crippen LogP contribution in [0.1, 0.15) is 0 Å². The number of aromatic nitrogens is 9. The first kappa shape index (κ1) is 61.9. The second kappa shape index (κ2) is 25.6. The van der Waals surface area contributed by atoms with Crippen molar-refractivity contribution in [1.82, 2.24) is 44.9 Å². The van der Waals surface area contributed by atoms with E-state index >= 15 is 0 Å². The molecule has 13 aromatic carbocycles. The first-order valence-corrected chi connectivity index (χ1v) is 36.3. The van der Waals surface area contributed by atoms with Gasteiger partial charge in [0.15, 0.2) is 0 Å². The summed E-state index contributed by atoms with van der Waals surface area (Å²) in [6.45, 7) is 0. The molecule has 0 N–H and O–H groups in total. The van der Waals surface area contributed by atoms with Gasteiger partial charge in [-0.1, -0.05) is 285 Å². The van der Waals surface area contributed by atoms with Gasteiger partial charge >= 0.3 is 0 Å². The molecule has 108 heavy (non-hydrogen) atoms. The molecule has 0 aliphatic heterocycles. The second-order valence-corrected chi connectivity index (χ2v) is 27.5. The van der Waals surface area contributed by atoms with Gasteiger partial charge in [-0.15, -0.1) is 0 Å². The third-order valence-corrected chi connectivity index (χ3v) is 21.0. The molecule has 9 nitrogen and oxygen atoms in total. The molecule has 0 aliphatic carbocycles. The predicted molar refractivity (Wildman–Crippen MR) is 447 cm³/mol. The monoisotopic (exact) mass is 1370 g/mol. The number of rotatable bonds is 8.